The molecule has 2 N–H and O–H groups in total. The van der Waals surface area contributed by atoms with Gasteiger partial charge in [-0.1, -0.05) is 72.8 Å². The molecule has 0 spiro atoms. The second kappa shape index (κ2) is 11.6. The van der Waals surface area contributed by atoms with E-state index in [-0.39, 0.29) is 0 Å². The first-order valence-corrected chi connectivity index (χ1v) is 12.1. The summed E-state index contributed by atoms with van der Waals surface area (Å²) < 4.78 is 0. The van der Waals surface area contributed by atoms with Crippen LogP contribution in [0.1, 0.15) is 0 Å². The average Bonchev–Trinajstić information content (AvgIpc) is 2.86. The minimum atomic E-state index is -1.91. The van der Waals surface area contributed by atoms with Crippen LogP contribution >= 0.6 is 7.26 Å². The molecule has 0 heterocycles. The van der Waals surface area contributed by atoms with Crippen molar-refractivity contribution in [2.24, 2.45) is 0 Å². The van der Waals surface area contributed by atoms with E-state index >= 15 is 0 Å². The Morgan fingerprint density at radius 3 is 0.848 bits per heavy atom. The van der Waals surface area contributed by atoms with E-state index in [1.54, 1.807) is 0 Å². The molecule has 4 aromatic rings. The third kappa shape index (κ3) is 5.82. The number of carbonyl (C=O) groups is 2. The first kappa shape index (κ1) is 23.6. The lowest BCUT2D eigenvalue weighted by atomic mass is 10.3. The van der Waals surface area contributed by atoms with E-state index in [0.717, 1.165) is 0 Å². The van der Waals surface area contributed by atoms with Gasteiger partial charge in [0.2, 0.25) is 0 Å². The third-order valence-electron chi connectivity index (χ3n) is 4.94. The van der Waals surface area contributed by atoms with Gasteiger partial charge in [0.15, 0.2) is 0 Å². The van der Waals surface area contributed by atoms with Crippen LogP contribution in [-0.2, 0) is 9.59 Å². The Labute approximate surface area is 193 Å². The van der Waals surface area contributed by atoms with Crippen molar-refractivity contribution in [1.82, 2.24) is 0 Å². The molecule has 0 amide bonds. The highest BCUT2D eigenvalue weighted by atomic mass is 31.2. The minimum absolute atomic E-state index is 0.558. The summed E-state index contributed by atoms with van der Waals surface area (Å²) in [5.41, 5.74) is 0. The lowest BCUT2D eigenvalue weighted by Gasteiger charge is -2.27. The topological polar surface area (TPSA) is 74.6 Å². The monoisotopic (exact) mass is 455 g/mol. The van der Waals surface area contributed by atoms with E-state index in [4.69, 9.17) is 10.2 Å². The Morgan fingerprint density at radius 2 is 0.667 bits per heavy atom. The predicted molar refractivity (Wildman–Crippen MR) is 136 cm³/mol. The quantitative estimate of drug-likeness (QED) is 0.340. The fourth-order valence-corrected chi connectivity index (χ4v) is 7.91. The van der Waals surface area contributed by atoms with Crippen LogP contribution in [0.4, 0.5) is 0 Å². The van der Waals surface area contributed by atoms with Crippen molar-refractivity contribution in [1.29, 1.82) is 0 Å². The number of carboxylic acids is 2. The molecule has 0 aliphatic carbocycles. The molecule has 0 aromatic heterocycles. The molecule has 0 unspecified atom stereocenters. The van der Waals surface area contributed by atoms with Gasteiger partial charge in [-0.3, -0.25) is 0 Å². The minimum Gasteiger partial charge on any atom is -0.478 e. The highest BCUT2D eigenvalue weighted by Gasteiger charge is 2.47. The van der Waals surface area contributed by atoms with Crippen molar-refractivity contribution < 1.29 is 19.8 Å². The number of hydrogen-bond donors (Lipinski definition) is 2. The van der Waals surface area contributed by atoms with Crippen molar-refractivity contribution in [2.75, 3.05) is 0 Å². The number of rotatable bonds is 6. The van der Waals surface area contributed by atoms with Gasteiger partial charge in [-0.25, -0.2) is 9.59 Å². The summed E-state index contributed by atoms with van der Waals surface area (Å²) >= 11 is 0. The Bertz CT molecular complexity index is 1010. The summed E-state index contributed by atoms with van der Waals surface area (Å²) in [7, 11) is -1.91. The largest absolute Gasteiger partial charge is 0.478 e. The second-order valence-corrected chi connectivity index (χ2v) is 10.4. The van der Waals surface area contributed by atoms with Crippen molar-refractivity contribution in [2.45, 2.75) is 0 Å². The van der Waals surface area contributed by atoms with Gasteiger partial charge >= 0.3 is 11.9 Å². The van der Waals surface area contributed by atoms with Crippen LogP contribution < -0.4 is 21.2 Å². The average molecular weight is 455 g/mol. The van der Waals surface area contributed by atoms with Crippen LogP contribution in [0.3, 0.4) is 0 Å². The van der Waals surface area contributed by atoms with E-state index in [9.17, 15) is 9.59 Å². The molecule has 33 heavy (non-hydrogen) atoms. The fraction of sp³-hybridized carbons (Fsp3) is 0. The van der Waals surface area contributed by atoms with E-state index in [1.165, 1.54) is 21.2 Å². The molecule has 0 aliphatic rings. The Balaban J connectivity index is 0.000000331. The predicted octanol–water partition coefficient (Wildman–Crippen LogP) is 4.02. The molecule has 0 fully saturated rings. The van der Waals surface area contributed by atoms with Crippen molar-refractivity contribution in [3.05, 3.63) is 133 Å². The molecule has 0 saturated carbocycles. The van der Waals surface area contributed by atoms with Crippen LogP contribution in [0.5, 0.6) is 0 Å². The van der Waals surface area contributed by atoms with Crippen LogP contribution in [0, 0.1) is 0 Å². The molecular weight excluding hydrogens is 431 g/mol. The van der Waals surface area contributed by atoms with Crippen LogP contribution in [0.15, 0.2) is 133 Å². The maximum absolute atomic E-state index is 9.55. The molecule has 0 atom stereocenters. The summed E-state index contributed by atoms with van der Waals surface area (Å²) in [5.74, 6) is -2.51. The highest BCUT2D eigenvalue weighted by molar-refractivity contribution is 8.01. The number of benzene rings is 4. The van der Waals surface area contributed by atoms with Gasteiger partial charge < -0.3 is 10.2 Å². The van der Waals surface area contributed by atoms with Gasteiger partial charge in [-0.15, -0.1) is 0 Å². The fourth-order valence-electron chi connectivity index (χ4n) is 3.64. The Hall–Kier alpha value is -4.01. The van der Waals surface area contributed by atoms with Gasteiger partial charge in [0.05, 0.1) is 0 Å². The van der Waals surface area contributed by atoms with E-state index in [1.807, 2.05) is 0 Å². The van der Waals surface area contributed by atoms with Gasteiger partial charge in [0.1, 0.15) is 28.5 Å². The first-order chi connectivity index (χ1) is 16.0. The number of carboxylic acid groups (broad SMARTS) is 2. The molecule has 164 valence electrons. The number of hydrogen-bond acceptors (Lipinski definition) is 2. The SMILES string of the molecule is O=C(O)/C=C/C(=O)O.c1ccc([P+](c2ccccc2)(c2ccccc2)c2ccccc2)cc1. The molecule has 4 rings (SSSR count). The molecule has 5 heteroatoms. The molecule has 0 radical (unpaired) electrons. The standard InChI is InChI=1S/C24H20P.C4H4O4/c1-5-13-21(14-6-1)25(22-15-7-2-8-16-22,23-17-9-3-10-18-23)24-19-11-4-12-20-24;5-3(6)1-2-4(7)8/h1-20H;1-2H,(H,5,6)(H,7,8)/q+1;/b;2-1+. The summed E-state index contributed by atoms with van der Waals surface area (Å²) in [6.07, 6.45) is 1.12. The Kier molecular flexibility index (Phi) is 8.29. The van der Waals surface area contributed by atoms with Gasteiger partial charge in [-0.2, -0.15) is 0 Å². The second-order valence-electron chi connectivity index (χ2n) is 7.02. The van der Waals surface area contributed by atoms with Gasteiger partial charge in [0, 0.05) is 12.2 Å². The lowest BCUT2D eigenvalue weighted by Crippen LogP contribution is -2.38. The summed E-state index contributed by atoms with van der Waals surface area (Å²) in [6, 6.07) is 43.8. The summed E-state index contributed by atoms with van der Waals surface area (Å²) in [4.78, 5) is 19.1. The zero-order valence-corrected chi connectivity index (χ0v) is 18.8. The summed E-state index contributed by atoms with van der Waals surface area (Å²) in [5, 5.41) is 21.2. The Morgan fingerprint density at radius 1 is 0.455 bits per heavy atom. The normalized spacial score (nSPS) is 10.8. The molecule has 0 aliphatic heterocycles. The van der Waals surface area contributed by atoms with E-state index in [2.05, 4.69) is 121 Å². The lowest BCUT2D eigenvalue weighted by molar-refractivity contribution is -0.134. The van der Waals surface area contributed by atoms with E-state index < -0.39 is 19.2 Å². The van der Waals surface area contributed by atoms with E-state index in [0.29, 0.717) is 12.2 Å². The van der Waals surface area contributed by atoms with Crippen molar-refractivity contribution in [3.63, 3.8) is 0 Å². The van der Waals surface area contributed by atoms with Crippen molar-refractivity contribution >= 4 is 40.4 Å². The zero-order valence-electron chi connectivity index (χ0n) is 17.9. The molecule has 4 aromatic carbocycles. The van der Waals surface area contributed by atoms with Crippen LogP contribution in [-0.4, -0.2) is 22.2 Å². The maximum Gasteiger partial charge on any atom is 0.328 e. The van der Waals surface area contributed by atoms with Gasteiger partial charge in [-0.05, 0) is 48.5 Å². The molecular formula is C28H24O4P+. The first-order valence-electron chi connectivity index (χ1n) is 10.3. The number of aliphatic carboxylic acids is 2. The molecule has 0 saturated heterocycles. The smallest absolute Gasteiger partial charge is 0.328 e. The third-order valence-corrected chi connectivity index (χ3v) is 9.23. The maximum atomic E-state index is 9.55. The van der Waals surface area contributed by atoms with Crippen LogP contribution in [0.2, 0.25) is 0 Å². The molecule has 0 bridgehead atoms. The van der Waals surface area contributed by atoms with Crippen molar-refractivity contribution in [3.8, 4) is 0 Å². The zero-order chi connectivity index (χ0) is 23.5. The van der Waals surface area contributed by atoms with Gasteiger partial charge in [0.25, 0.3) is 0 Å². The summed E-state index contributed by atoms with van der Waals surface area (Å²) in [6.45, 7) is 0. The highest BCUT2D eigenvalue weighted by Crippen LogP contribution is 2.53. The molecule has 4 nitrogen and oxygen atoms in total. The van der Waals surface area contributed by atoms with Crippen LogP contribution in [0.25, 0.3) is 0 Å².